The SMILES string of the molecule is COC(=O)c1ccc(-c2nn(-c3ccccc3)cc2NS(=O)(=O)c2ccccc2)cc1. The topological polar surface area (TPSA) is 90.3 Å². The molecule has 0 amide bonds. The van der Waals surface area contributed by atoms with Crippen molar-refractivity contribution < 1.29 is 17.9 Å². The van der Waals surface area contributed by atoms with Gasteiger partial charge in [0.1, 0.15) is 5.69 Å². The lowest BCUT2D eigenvalue weighted by atomic mass is 10.1. The molecule has 31 heavy (non-hydrogen) atoms. The number of anilines is 1. The zero-order valence-corrected chi connectivity index (χ0v) is 17.4. The lowest BCUT2D eigenvalue weighted by molar-refractivity contribution is 0.0600. The second kappa shape index (κ2) is 8.45. The van der Waals surface area contributed by atoms with E-state index in [9.17, 15) is 13.2 Å². The Morgan fingerprint density at radius 2 is 1.52 bits per heavy atom. The number of aromatic nitrogens is 2. The van der Waals surface area contributed by atoms with E-state index in [1.54, 1.807) is 53.3 Å². The summed E-state index contributed by atoms with van der Waals surface area (Å²) in [6.45, 7) is 0. The molecule has 0 atom stereocenters. The number of hydrogen-bond donors (Lipinski definition) is 1. The summed E-state index contributed by atoms with van der Waals surface area (Å²) in [5, 5.41) is 4.60. The van der Waals surface area contributed by atoms with Crippen LogP contribution in [-0.2, 0) is 14.8 Å². The number of nitrogens with one attached hydrogen (secondary N) is 1. The Morgan fingerprint density at radius 3 is 2.13 bits per heavy atom. The lowest BCUT2D eigenvalue weighted by Crippen LogP contribution is -2.13. The van der Waals surface area contributed by atoms with Crippen LogP contribution >= 0.6 is 0 Å². The number of esters is 1. The fourth-order valence-corrected chi connectivity index (χ4v) is 4.13. The second-order valence-corrected chi connectivity index (χ2v) is 8.34. The summed E-state index contributed by atoms with van der Waals surface area (Å²) in [4.78, 5) is 11.9. The van der Waals surface area contributed by atoms with E-state index in [1.165, 1.54) is 19.2 Å². The number of benzene rings is 3. The molecule has 4 rings (SSSR count). The summed E-state index contributed by atoms with van der Waals surface area (Å²) in [7, 11) is -2.50. The first-order valence-electron chi connectivity index (χ1n) is 9.39. The molecule has 0 unspecified atom stereocenters. The Bertz CT molecular complexity index is 1300. The zero-order chi connectivity index (χ0) is 21.8. The van der Waals surface area contributed by atoms with Gasteiger partial charge in [-0.05, 0) is 36.4 Å². The highest BCUT2D eigenvalue weighted by Crippen LogP contribution is 2.30. The van der Waals surface area contributed by atoms with Crippen LogP contribution in [0, 0.1) is 0 Å². The summed E-state index contributed by atoms with van der Waals surface area (Å²) < 4.78 is 34.8. The third kappa shape index (κ3) is 4.34. The van der Waals surface area contributed by atoms with E-state index in [4.69, 9.17) is 4.74 Å². The Morgan fingerprint density at radius 1 is 0.903 bits per heavy atom. The van der Waals surface area contributed by atoms with Gasteiger partial charge in [-0.3, -0.25) is 4.72 Å². The monoisotopic (exact) mass is 433 g/mol. The van der Waals surface area contributed by atoms with Crippen LogP contribution in [0.25, 0.3) is 16.9 Å². The number of carbonyl (C=O) groups is 1. The summed E-state index contributed by atoms with van der Waals surface area (Å²) >= 11 is 0. The van der Waals surface area contributed by atoms with Crippen LogP contribution in [0.1, 0.15) is 10.4 Å². The predicted octanol–water partition coefficient (Wildman–Crippen LogP) is 4.13. The van der Waals surface area contributed by atoms with E-state index in [0.29, 0.717) is 22.5 Å². The number of sulfonamides is 1. The minimum Gasteiger partial charge on any atom is -0.465 e. The van der Waals surface area contributed by atoms with Crippen molar-refractivity contribution in [3.63, 3.8) is 0 Å². The third-order valence-electron chi connectivity index (χ3n) is 4.61. The van der Waals surface area contributed by atoms with Crippen LogP contribution in [0.2, 0.25) is 0 Å². The molecule has 0 spiro atoms. The molecule has 1 heterocycles. The quantitative estimate of drug-likeness (QED) is 0.462. The average molecular weight is 433 g/mol. The summed E-state index contributed by atoms with van der Waals surface area (Å²) in [5.41, 5.74) is 2.56. The van der Waals surface area contributed by atoms with E-state index < -0.39 is 16.0 Å². The van der Waals surface area contributed by atoms with Gasteiger partial charge in [-0.15, -0.1) is 0 Å². The number of hydrogen-bond acceptors (Lipinski definition) is 5. The van der Waals surface area contributed by atoms with Gasteiger partial charge in [0.25, 0.3) is 10.0 Å². The van der Waals surface area contributed by atoms with Crippen molar-refractivity contribution in [2.75, 3.05) is 11.8 Å². The van der Waals surface area contributed by atoms with Crippen LogP contribution < -0.4 is 4.72 Å². The van der Waals surface area contributed by atoms with Gasteiger partial charge in [-0.25, -0.2) is 17.9 Å². The van der Waals surface area contributed by atoms with E-state index in [2.05, 4.69) is 9.82 Å². The molecule has 0 saturated heterocycles. The maximum atomic E-state index is 12.9. The molecule has 0 radical (unpaired) electrons. The molecule has 1 aromatic heterocycles. The van der Waals surface area contributed by atoms with Crippen molar-refractivity contribution in [3.05, 3.63) is 96.7 Å². The smallest absolute Gasteiger partial charge is 0.337 e. The van der Waals surface area contributed by atoms with Crippen LogP contribution in [0.5, 0.6) is 0 Å². The summed E-state index contributed by atoms with van der Waals surface area (Å²) in [6.07, 6.45) is 1.62. The molecule has 8 heteroatoms. The van der Waals surface area contributed by atoms with Crippen molar-refractivity contribution in [1.29, 1.82) is 0 Å². The Hall–Kier alpha value is -3.91. The average Bonchev–Trinajstić information content (AvgIpc) is 3.23. The molecule has 1 N–H and O–H groups in total. The number of methoxy groups -OCH3 is 1. The second-order valence-electron chi connectivity index (χ2n) is 6.66. The summed E-state index contributed by atoms with van der Waals surface area (Å²) in [5.74, 6) is -0.452. The Kier molecular flexibility index (Phi) is 5.55. The van der Waals surface area contributed by atoms with Crippen LogP contribution in [0.4, 0.5) is 5.69 Å². The molecule has 0 aliphatic carbocycles. The van der Waals surface area contributed by atoms with Crippen molar-refractivity contribution in [3.8, 4) is 16.9 Å². The molecular formula is C23H19N3O4S. The van der Waals surface area contributed by atoms with Crippen LogP contribution in [0.15, 0.2) is 96.0 Å². The standard InChI is InChI=1S/C23H19N3O4S/c1-30-23(27)18-14-12-17(13-15-18)22-21(16-26(24-22)19-8-4-2-5-9-19)25-31(28,29)20-10-6-3-7-11-20/h2-16,25H,1H3. The van der Waals surface area contributed by atoms with Gasteiger partial charge in [0, 0.05) is 5.56 Å². The van der Waals surface area contributed by atoms with Crippen molar-refractivity contribution in [2.24, 2.45) is 0 Å². The molecular weight excluding hydrogens is 414 g/mol. The molecule has 4 aromatic rings. The zero-order valence-electron chi connectivity index (χ0n) is 16.6. The van der Waals surface area contributed by atoms with E-state index in [-0.39, 0.29) is 4.90 Å². The number of para-hydroxylation sites is 1. The van der Waals surface area contributed by atoms with Crippen LogP contribution in [-0.4, -0.2) is 31.3 Å². The lowest BCUT2D eigenvalue weighted by Gasteiger charge is -2.08. The molecule has 3 aromatic carbocycles. The van der Waals surface area contributed by atoms with Crippen molar-refractivity contribution in [2.45, 2.75) is 4.90 Å². The van der Waals surface area contributed by atoms with Gasteiger partial charge in [0.15, 0.2) is 0 Å². The van der Waals surface area contributed by atoms with Gasteiger partial charge in [0.2, 0.25) is 0 Å². The number of ether oxygens (including phenoxy) is 1. The largest absolute Gasteiger partial charge is 0.465 e. The van der Waals surface area contributed by atoms with Gasteiger partial charge in [-0.1, -0.05) is 48.5 Å². The maximum absolute atomic E-state index is 12.9. The van der Waals surface area contributed by atoms with Crippen LogP contribution in [0.3, 0.4) is 0 Å². The highest BCUT2D eigenvalue weighted by Gasteiger charge is 2.20. The minimum atomic E-state index is -3.82. The van der Waals surface area contributed by atoms with E-state index in [1.807, 2.05) is 30.3 Å². The molecule has 0 aliphatic heterocycles. The van der Waals surface area contributed by atoms with Gasteiger partial charge < -0.3 is 4.74 Å². The van der Waals surface area contributed by atoms with E-state index >= 15 is 0 Å². The fraction of sp³-hybridized carbons (Fsp3) is 0.0435. The Labute approximate surface area is 180 Å². The highest BCUT2D eigenvalue weighted by atomic mass is 32.2. The first kappa shape index (κ1) is 20.4. The van der Waals surface area contributed by atoms with Gasteiger partial charge in [0.05, 0.1) is 35.1 Å². The summed E-state index contributed by atoms with van der Waals surface area (Å²) in [6, 6.07) is 24.1. The molecule has 0 aliphatic rings. The molecule has 0 saturated carbocycles. The van der Waals surface area contributed by atoms with Crippen molar-refractivity contribution >= 4 is 21.7 Å². The van der Waals surface area contributed by atoms with Crippen molar-refractivity contribution in [1.82, 2.24) is 9.78 Å². The third-order valence-corrected chi connectivity index (χ3v) is 5.99. The maximum Gasteiger partial charge on any atom is 0.337 e. The van der Waals surface area contributed by atoms with Gasteiger partial charge >= 0.3 is 5.97 Å². The molecule has 156 valence electrons. The predicted molar refractivity (Wildman–Crippen MR) is 118 cm³/mol. The first-order chi connectivity index (χ1) is 15.0. The first-order valence-corrected chi connectivity index (χ1v) is 10.9. The number of rotatable bonds is 6. The number of carbonyl (C=O) groups excluding carboxylic acids is 1. The normalized spacial score (nSPS) is 11.1. The highest BCUT2D eigenvalue weighted by molar-refractivity contribution is 7.92. The Balaban J connectivity index is 1.78. The fourth-order valence-electron chi connectivity index (χ4n) is 3.06. The van der Waals surface area contributed by atoms with Gasteiger partial charge in [-0.2, -0.15) is 5.10 Å². The number of nitrogens with zero attached hydrogens (tertiary/aromatic N) is 2. The molecule has 0 fully saturated rings. The minimum absolute atomic E-state index is 0.148. The van der Waals surface area contributed by atoms with E-state index in [0.717, 1.165) is 5.69 Å². The molecule has 7 nitrogen and oxygen atoms in total. The molecule has 0 bridgehead atoms.